The van der Waals surface area contributed by atoms with Crippen LogP contribution < -0.4 is 0 Å². The summed E-state index contributed by atoms with van der Waals surface area (Å²) in [6, 6.07) is 0. The highest BCUT2D eigenvalue weighted by atomic mass is 16.6. The normalized spacial score (nSPS) is 51.7. The Balaban J connectivity index is 1.58. The topological polar surface area (TPSA) is 63.6 Å². The van der Waals surface area contributed by atoms with Crippen LogP contribution in [0, 0.1) is 22.7 Å². The minimum Gasteiger partial charge on any atom is -0.469 e. The van der Waals surface area contributed by atoms with Crippen molar-refractivity contribution in [1.82, 2.24) is 0 Å². The van der Waals surface area contributed by atoms with Crippen LogP contribution >= 0.6 is 0 Å². The quantitative estimate of drug-likeness (QED) is 0.536. The zero-order valence-corrected chi connectivity index (χ0v) is 15.4. The molecule has 2 aliphatic heterocycles. The molecular weight excluding hydrogens is 326 g/mol. The largest absolute Gasteiger partial charge is 0.469 e. The van der Waals surface area contributed by atoms with Crippen LogP contribution in [0.3, 0.4) is 0 Å². The summed E-state index contributed by atoms with van der Waals surface area (Å²) in [4.78, 5) is 23.8. The third kappa shape index (κ3) is 1.92. The van der Waals surface area contributed by atoms with E-state index in [1.165, 1.54) is 0 Å². The van der Waals surface area contributed by atoms with Crippen molar-refractivity contribution in [1.29, 1.82) is 0 Å². The number of hydrogen-bond acceptors (Lipinski definition) is 4. The minimum atomic E-state index is -0.561. The molecule has 3 aliphatic carbocycles. The molecule has 2 saturated heterocycles. The monoisotopic (exact) mass is 350 g/mol. The van der Waals surface area contributed by atoms with Gasteiger partial charge in [0.05, 0.1) is 18.8 Å². The Labute approximate surface area is 155 Å². The van der Waals surface area contributed by atoms with Gasteiger partial charge in [0.25, 0.3) is 0 Å². The van der Waals surface area contributed by atoms with Crippen LogP contribution in [-0.4, -0.2) is 42.8 Å². The van der Waals surface area contributed by atoms with Crippen molar-refractivity contribution in [2.24, 2.45) is 22.7 Å². The van der Waals surface area contributed by atoms with Crippen LogP contribution in [0.25, 0.3) is 0 Å². The van der Waals surface area contributed by atoms with Gasteiger partial charge in [-0.1, -0.05) is 31.8 Å². The molecule has 1 N–H and O–H groups in total. The number of ketones is 1. The maximum absolute atomic E-state index is 11.9. The Bertz CT molecular complexity index is 761. The number of hydrogen-bond donors (Lipinski definition) is 1. The Kier molecular flexibility index (Phi) is 3.34. The van der Waals surface area contributed by atoms with Crippen LogP contribution in [0.1, 0.15) is 46.0 Å². The molecule has 0 bridgehead atoms. The number of ether oxygens (including phenoxy) is 1. The summed E-state index contributed by atoms with van der Waals surface area (Å²) in [5, 5.41) is 11.3. The van der Waals surface area contributed by atoms with Crippen molar-refractivity contribution >= 4 is 26.1 Å². The number of aliphatic hydroxyl groups is 1. The van der Waals surface area contributed by atoms with Crippen molar-refractivity contribution in [3.05, 3.63) is 23.8 Å². The lowest BCUT2D eigenvalue weighted by molar-refractivity contribution is -0.158. The predicted molar refractivity (Wildman–Crippen MR) is 98.6 cm³/mol. The minimum absolute atomic E-state index is 0.0989. The lowest BCUT2D eigenvalue weighted by Crippen LogP contribution is -2.58. The third-order valence-corrected chi connectivity index (χ3v) is 8.25. The van der Waals surface area contributed by atoms with Crippen LogP contribution in [0.2, 0.25) is 5.82 Å². The smallest absolute Gasteiger partial charge is 0.305 e. The van der Waals surface area contributed by atoms with Crippen molar-refractivity contribution in [3.63, 3.8) is 0 Å². The van der Waals surface area contributed by atoms with Gasteiger partial charge in [-0.2, -0.15) is 0 Å². The van der Waals surface area contributed by atoms with E-state index in [2.05, 4.69) is 40.3 Å². The Morgan fingerprint density at radius 1 is 1.23 bits per heavy atom. The molecule has 0 aromatic rings. The molecular formula is C20H24B2O4. The Morgan fingerprint density at radius 3 is 2.77 bits per heavy atom. The number of carbonyl (C=O) groups is 2. The van der Waals surface area contributed by atoms with Crippen LogP contribution in [0.15, 0.2) is 23.8 Å². The second-order valence-corrected chi connectivity index (χ2v) is 9.38. The molecule has 3 fully saturated rings. The average molecular weight is 350 g/mol. The van der Waals surface area contributed by atoms with Crippen LogP contribution in [0.5, 0.6) is 0 Å². The first-order valence-electron chi connectivity index (χ1n) is 9.82. The molecule has 0 aromatic heterocycles. The highest BCUT2D eigenvalue weighted by Gasteiger charge is 2.68. The van der Waals surface area contributed by atoms with Crippen molar-refractivity contribution in [2.45, 2.75) is 63.4 Å². The molecule has 1 saturated carbocycles. The Morgan fingerprint density at radius 2 is 2.04 bits per heavy atom. The molecule has 5 unspecified atom stereocenters. The van der Waals surface area contributed by atoms with Gasteiger partial charge in [0.2, 0.25) is 0 Å². The van der Waals surface area contributed by atoms with E-state index in [1.54, 1.807) is 6.08 Å². The summed E-state index contributed by atoms with van der Waals surface area (Å²) in [6.07, 6.45) is 8.77. The molecule has 0 amide bonds. The molecule has 2 radical (unpaired) electrons. The molecule has 0 aromatic carbocycles. The summed E-state index contributed by atoms with van der Waals surface area (Å²) in [7, 11) is 4.34. The lowest BCUT2D eigenvalue weighted by Gasteiger charge is -2.59. The number of rotatable bonds is 0. The highest BCUT2D eigenvalue weighted by molar-refractivity contribution is 7.04. The molecule has 134 valence electrons. The summed E-state index contributed by atoms with van der Waals surface area (Å²) in [5.74, 6) is 0.605. The van der Waals surface area contributed by atoms with E-state index < -0.39 is 11.6 Å². The summed E-state index contributed by atoms with van der Waals surface area (Å²) in [5.41, 5.74) is 0.0752. The number of fused-ring (bicyclic) bond motifs is 6. The maximum atomic E-state index is 11.9. The summed E-state index contributed by atoms with van der Waals surface area (Å²) >= 11 is 0. The molecule has 5 rings (SSSR count). The standard InChI is InChI=1S/C20H24B2O4/c1-18-7-5-12(23)9-11(18)3-4-13-16(18)14(24)10-19(2)17(13)21-22-20(19)8-6-15(25)26-20/h3-4,9,13-14,16-17,24H,5-8,10H2,1-2H3/t13?,14-,16?,17?,18?,19?,20-/m1/s1. The van der Waals surface area contributed by atoms with Gasteiger partial charge in [-0.15, -0.1) is 0 Å². The van der Waals surface area contributed by atoms with Gasteiger partial charge in [-0.05, 0) is 47.7 Å². The van der Waals surface area contributed by atoms with Crippen LogP contribution in [-0.2, 0) is 14.3 Å². The van der Waals surface area contributed by atoms with Gasteiger partial charge in [0.1, 0.15) is 7.17 Å². The van der Waals surface area contributed by atoms with E-state index in [0.717, 1.165) is 12.0 Å². The number of aliphatic hydroxyl groups excluding tert-OH is 1. The van der Waals surface area contributed by atoms with Gasteiger partial charge in [-0.25, -0.2) is 0 Å². The molecule has 26 heavy (non-hydrogen) atoms. The average Bonchev–Trinajstić information content (AvgIpc) is 3.09. The van der Waals surface area contributed by atoms with Gasteiger partial charge >= 0.3 is 5.97 Å². The highest BCUT2D eigenvalue weighted by Crippen LogP contribution is 2.67. The first kappa shape index (κ1) is 16.9. The van der Waals surface area contributed by atoms with E-state index in [0.29, 0.717) is 25.7 Å². The second-order valence-electron chi connectivity index (χ2n) is 9.38. The Hall–Kier alpha value is -1.29. The zero-order chi connectivity index (χ0) is 18.3. The third-order valence-electron chi connectivity index (χ3n) is 8.25. The van der Waals surface area contributed by atoms with Gasteiger partial charge in [0.15, 0.2) is 5.78 Å². The van der Waals surface area contributed by atoms with Gasteiger partial charge < -0.3 is 9.84 Å². The molecule has 2 heterocycles. The van der Waals surface area contributed by atoms with E-state index in [9.17, 15) is 14.7 Å². The fourth-order valence-corrected chi connectivity index (χ4v) is 6.80. The molecule has 4 nitrogen and oxygen atoms in total. The van der Waals surface area contributed by atoms with Crippen molar-refractivity contribution in [3.8, 4) is 0 Å². The van der Waals surface area contributed by atoms with Crippen molar-refractivity contribution in [2.75, 3.05) is 0 Å². The SMILES string of the molecule is CC12CCC(=O)C=C1C=CC1C2[C@H](O)CC2(C)C1[B][B][C@@]21CCC(=O)O1. The second kappa shape index (κ2) is 5.15. The number of esters is 1. The first-order chi connectivity index (χ1) is 12.3. The maximum Gasteiger partial charge on any atom is 0.305 e. The van der Waals surface area contributed by atoms with Crippen LogP contribution in [0.4, 0.5) is 0 Å². The fourth-order valence-electron chi connectivity index (χ4n) is 6.80. The molecule has 5 aliphatic rings. The summed E-state index contributed by atoms with van der Waals surface area (Å²) in [6.45, 7) is 4.39. The van der Waals surface area contributed by atoms with Crippen molar-refractivity contribution < 1.29 is 19.4 Å². The van der Waals surface area contributed by atoms with E-state index in [1.807, 2.05) is 0 Å². The molecule has 1 spiro atoms. The zero-order valence-electron chi connectivity index (χ0n) is 15.4. The van der Waals surface area contributed by atoms with Gasteiger partial charge in [-0.3, -0.25) is 9.59 Å². The van der Waals surface area contributed by atoms with E-state index in [4.69, 9.17) is 4.74 Å². The van der Waals surface area contributed by atoms with Gasteiger partial charge in [0, 0.05) is 18.8 Å². The fraction of sp³-hybridized carbons (Fsp3) is 0.700. The van der Waals surface area contributed by atoms with E-state index >= 15 is 0 Å². The number of allylic oxidation sites excluding steroid dienone is 4. The summed E-state index contributed by atoms with van der Waals surface area (Å²) < 4.78 is 5.84. The number of carbonyl (C=O) groups excluding carboxylic acids is 2. The molecule has 7 atom stereocenters. The van der Waals surface area contributed by atoms with E-state index in [-0.39, 0.29) is 40.2 Å². The first-order valence-corrected chi connectivity index (χ1v) is 9.82. The lowest BCUT2D eigenvalue weighted by atomic mass is 9.33. The predicted octanol–water partition coefficient (Wildman–Crippen LogP) is 2.01. The molecule has 6 heteroatoms.